The van der Waals surface area contributed by atoms with Crippen LogP contribution >= 0.6 is 0 Å². The van der Waals surface area contributed by atoms with Gasteiger partial charge >= 0.3 is 0 Å². The predicted molar refractivity (Wildman–Crippen MR) is 57.0 cm³/mol. The van der Waals surface area contributed by atoms with Crippen molar-refractivity contribution in [2.75, 3.05) is 0 Å². The van der Waals surface area contributed by atoms with Crippen LogP contribution in [0.1, 0.15) is 11.3 Å². The molecule has 0 amide bonds. The molecule has 3 nitrogen and oxygen atoms in total. The van der Waals surface area contributed by atoms with E-state index in [4.69, 9.17) is 0 Å². The topological polar surface area (TPSA) is 39.8 Å². The number of hydrogen-bond donors (Lipinski definition) is 0. The van der Waals surface area contributed by atoms with E-state index in [1.807, 2.05) is 24.3 Å². The molecule has 0 radical (unpaired) electrons. The van der Waals surface area contributed by atoms with E-state index in [9.17, 15) is 5.21 Å². The van der Waals surface area contributed by atoms with Crippen molar-refractivity contribution in [2.24, 2.45) is 0 Å². The van der Waals surface area contributed by atoms with Gasteiger partial charge in [-0.2, -0.15) is 0 Å². The number of nitrogens with zero attached hydrogens (tertiary/aromatic N) is 2. The van der Waals surface area contributed by atoms with Crippen LogP contribution in [0.15, 0.2) is 48.7 Å². The molecule has 0 N–H and O–H groups in total. The minimum Gasteiger partial charge on any atom is -0.594 e. The van der Waals surface area contributed by atoms with Crippen LogP contribution in [-0.4, -0.2) is 5.10 Å². The van der Waals surface area contributed by atoms with Gasteiger partial charge in [-0.25, -0.2) is 0 Å². The molecule has 15 heavy (non-hydrogen) atoms. The van der Waals surface area contributed by atoms with Crippen LogP contribution in [-0.2, 0) is 12.8 Å². The lowest BCUT2D eigenvalue weighted by atomic mass is 10.1. The van der Waals surface area contributed by atoms with Crippen LogP contribution in [0.25, 0.3) is 0 Å². The van der Waals surface area contributed by atoms with Crippen LogP contribution in [0.3, 0.4) is 0 Å². The highest BCUT2D eigenvalue weighted by Gasteiger charge is 2.04. The summed E-state index contributed by atoms with van der Waals surface area (Å²) >= 11 is 0. The van der Waals surface area contributed by atoms with Gasteiger partial charge in [-0.15, -0.1) is 0 Å². The summed E-state index contributed by atoms with van der Waals surface area (Å²) in [6.07, 6.45) is 3.09. The van der Waals surface area contributed by atoms with Gasteiger partial charge in [0.05, 0.1) is 6.20 Å². The second-order valence-corrected chi connectivity index (χ2v) is 3.37. The van der Waals surface area contributed by atoms with Crippen molar-refractivity contribution in [1.29, 1.82) is 0 Å². The maximum Gasteiger partial charge on any atom is 0.222 e. The Kier molecular flexibility index (Phi) is 2.93. The Morgan fingerprint density at radius 1 is 1.00 bits per heavy atom. The lowest BCUT2D eigenvalue weighted by Crippen LogP contribution is -2.35. The molecule has 0 saturated carbocycles. The quantitative estimate of drug-likeness (QED) is 0.556. The third-order valence-electron chi connectivity index (χ3n) is 2.30. The van der Waals surface area contributed by atoms with Crippen molar-refractivity contribution in [3.8, 4) is 0 Å². The first kappa shape index (κ1) is 9.65. The molecule has 0 aliphatic rings. The van der Waals surface area contributed by atoms with Gasteiger partial charge in [-0.05, 0) is 18.1 Å². The third kappa shape index (κ3) is 2.53. The molecule has 0 aliphatic carbocycles. The minimum atomic E-state index is 0.683. The summed E-state index contributed by atoms with van der Waals surface area (Å²) in [5.74, 6) is 0. The second kappa shape index (κ2) is 4.55. The molecule has 1 aromatic heterocycles. The Hall–Kier alpha value is -1.90. The van der Waals surface area contributed by atoms with Gasteiger partial charge in [0.1, 0.15) is 0 Å². The van der Waals surface area contributed by atoms with Crippen molar-refractivity contribution in [3.63, 3.8) is 0 Å². The average Bonchev–Trinajstić information content (AvgIpc) is 2.29. The van der Waals surface area contributed by atoms with Gasteiger partial charge in [0.25, 0.3) is 0 Å². The van der Waals surface area contributed by atoms with Crippen molar-refractivity contribution in [2.45, 2.75) is 12.8 Å². The average molecular weight is 200 g/mol. The number of rotatable bonds is 3. The molecular formula is C12H12N2O. The fourth-order valence-corrected chi connectivity index (χ4v) is 1.49. The predicted octanol–water partition coefficient (Wildman–Crippen LogP) is 1.50. The molecule has 0 saturated heterocycles. The van der Waals surface area contributed by atoms with E-state index in [1.165, 1.54) is 11.8 Å². The molecule has 76 valence electrons. The highest BCUT2D eigenvalue weighted by Crippen LogP contribution is 2.03. The summed E-state index contributed by atoms with van der Waals surface area (Å²) < 4.78 is 0. The Labute approximate surface area is 88.6 Å². The fourth-order valence-electron chi connectivity index (χ4n) is 1.49. The first-order valence-corrected chi connectivity index (χ1v) is 4.94. The van der Waals surface area contributed by atoms with E-state index in [-0.39, 0.29) is 0 Å². The van der Waals surface area contributed by atoms with E-state index >= 15 is 0 Å². The Bertz CT molecular complexity index is 429. The number of aromatic nitrogens is 2. The first-order chi connectivity index (χ1) is 7.36. The summed E-state index contributed by atoms with van der Waals surface area (Å²) in [5.41, 5.74) is 1.95. The molecule has 1 heterocycles. The molecule has 1 aromatic carbocycles. The molecule has 0 atom stereocenters. The van der Waals surface area contributed by atoms with Crippen LogP contribution in [0, 0.1) is 5.21 Å². The molecule has 0 unspecified atom stereocenters. The maximum absolute atomic E-state index is 11.2. The maximum atomic E-state index is 11.2. The van der Waals surface area contributed by atoms with Crippen molar-refractivity contribution in [3.05, 3.63) is 65.1 Å². The Morgan fingerprint density at radius 2 is 1.80 bits per heavy atom. The van der Waals surface area contributed by atoms with Crippen molar-refractivity contribution in [1.82, 2.24) is 5.10 Å². The standard InChI is InChI=1S/C12H12N2O/c15-14-12(7-4-10-13-14)9-8-11-5-2-1-3-6-11/h1-7,10H,8-9H2. The monoisotopic (exact) mass is 200 g/mol. The van der Waals surface area contributed by atoms with Crippen molar-refractivity contribution >= 4 is 0 Å². The lowest BCUT2D eigenvalue weighted by Gasteiger charge is -2.01. The van der Waals surface area contributed by atoms with Gasteiger partial charge in [0.15, 0.2) is 0 Å². The highest BCUT2D eigenvalue weighted by atomic mass is 16.5. The Balaban J connectivity index is 2.03. The SMILES string of the molecule is [O-][n+]1ncccc1CCc1ccccc1. The molecule has 3 heteroatoms. The number of hydrogen-bond acceptors (Lipinski definition) is 2. The minimum absolute atomic E-state index is 0.683. The van der Waals surface area contributed by atoms with Crippen molar-refractivity contribution < 1.29 is 4.85 Å². The van der Waals surface area contributed by atoms with Crippen LogP contribution in [0.2, 0.25) is 0 Å². The summed E-state index contributed by atoms with van der Waals surface area (Å²) in [6, 6.07) is 13.7. The summed E-state index contributed by atoms with van der Waals surface area (Å²) in [4.78, 5) is 0.683. The zero-order chi connectivity index (χ0) is 10.5. The van der Waals surface area contributed by atoms with Gasteiger partial charge in [0, 0.05) is 17.6 Å². The summed E-state index contributed by atoms with van der Waals surface area (Å²) in [6.45, 7) is 0. The molecule has 0 spiro atoms. The van der Waals surface area contributed by atoms with Gasteiger partial charge < -0.3 is 5.21 Å². The van der Waals surface area contributed by atoms with Crippen LogP contribution < -0.4 is 4.85 Å². The fraction of sp³-hybridized carbons (Fsp3) is 0.167. The molecule has 2 aromatic rings. The van der Waals surface area contributed by atoms with E-state index in [1.54, 1.807) is 6.07 Å². The normalized spacial score (nSPS) is 10.1. The van der Waals surface area contributed by atoms with Gasteiger partial charge in [-0.3, -0.25) is 0 Å². The largest absolute Gasteiger partial charge is 0.594 e. The summed E-state index contributed by atoms with van der Waals surface area (Å²) in [5, 5.41) is 14.9. The smallest absolute Gasteiger partial charge is 0.222 e. The van der Waals surface area contributed by atoms with Gasteiger partial charge in [-0.1, -0.05) is 35.2 Å². The van der Waals surface area contributed by atoms with E-state index in [0.29, 0.717) is 10.5 Å². The Morgan fingerprint density at radius 3 is 2.53 bits per heavy atom. The van der Waals surface area contributed by atoms with Crippen LogP contribution in [0.4, 0.5) is 0 Å². The lowest BCUT2D eigenvalue weighted by molar-refractivity contribution is -0.676. The molecular weight excluding hydrogens is 188 g/mol. The van der Waals surface area contributed by atoms with E-state index < -0.39 is 0 Å². The molecule has 0 fully saturated rings. The summed E-state index contributed by atoms with van der Waals surface area (Å²) in [7, 11) is 0. The van der Waals surface area contributed by atoms with Crippen LogP contribution in [0.5, 0.6) is 0 Å². The third-order valence-corrected chi connectivity index (χ3v) is 2.30. The zero-order valence-electron chi connectivity index (χ0n) is 8.34. The second-order valence-electron chi connectivity index (χ2n) is 3.37. The highest BCUT2D eigenvalue weighted by molar-refractivity contribution is 5.15. The molecule has 0 aliphatic heterocycles. The zero-order valence-corrected chi connectivity index (χ0v) is 8.34. The first-order valence-electron chi connectivity index (χ1n) is 4.94. The molecule has 2 rings (SSSR count). The van der Waals surface area contributed by atoms with E-state index in [2.05, 4.69) is 17.2 Å². The molecule has 0 bridgehead atoms. The number of benzene rings is 1. The van der Waals surface area contributed by atoms with Gasteiger partial charge in [0.2, 0.25) is 5.69 Å². The number of aryl methyl sites for hydroxylation is 2. The van der Waals surface area contributed by atoms with E-state index in [0.717, 1.165) is 12.8 Å².